The molecular weight excluding hydrogens is 522 g/mol. The molecule has 0 saturated heterocycles. The second-order valence-corrected chi connectivity index (χ2v) is 9.41. The van der Waals surface area contributed by atoms with E-state index in [2.05, 4.69) is 15.3 Å². The minimum Gasteiger partial charge on any atom is -0.462 e. The zero-order valence-electron chi connectivity index (χ0n) is 21.8. The van der Waals surface area contributed by atoms with Gasteiger partial charge in [0.05, 0.1) is 35.4 Å². The van der Waals surface area contributed by atoms with Gasteiger partial charge in [0.2, 0.25) is 0 Å². The number of imidazole rings is 1. The van der Waals surface area contributed by atoms with E-state index in [1.165, 1.54) is 6.92 Å². The highest BCUT2D eigenvalue weighted by Crippen LogP contribution is 2.34. The van der Waals surface area contributed by atoms with E-state index in [9.17, 15) is 19.2 Å². The molecule has 0 aliphatic rings. The van der Waals surface area contributed by atoms with Gasteiger partial charge in [-0.3, -0.25) is 4.79 Å². The monoisotopic (exact) mass is 549 g/mol. The van der Waals surface area contributed by atoms with Crippen LogP contribution >= 0.6 is 11.3 Å². The zero-order chi connectivity index (χ0) is 28.1. The van der Waals surface area contributed by atoms with E-state index in [1.807, 2.05) is 24.3 Å². The van der Waals surface area contributed by atoms with Crippen LogP contribution < -0.4 is 5.32 Å². The maximum absolute atomic E-state index is 13.1. The molecule has 1 amide bonds. The van der Waals surface area contributed by atoms with E-state index in [0.717, 1.165) is 22.4 Å². The molecule has 11 heteroatoms. The van der Waals surface area contributed by atoms with Gasteiger partial charge in [-0.1, -0.05) is 30.3 Å². The molecule has 0 aliphatic heterocycles. The molecule has 39 heavy (non-hydrogen) atoms. The summed E-state index contributed by atoms with van der Waals surface area (Å²) in [4.78, 5) is 59.1. The van der Waals surface area contributed by atoms with Crippen LogP contribution in [0.1, 0.15) is 56.7 Å². The largest absolute Gasteiger partial charge is 0.462 e. The predicted octanol–water partition coefficient (Wildman–Crippen LogP) is 5.14. The van der Waals surface area contributed by atoms with Crippen molar-refractivity contribution in [2.24, 2.45) is 0 Å². The number of para-hydroxylation sites is 2. The van der Waals surface area contributed by atoms with Crippen molar-refractivity contribution < 1.29 is 33.4 Å². The SMILES string of the molecule is CCOC(=O)c1sc(NC(=O)C(C)OC(=O)c2ccccc2-c2nc3ccccc3[nH]2)c(C(=O)OCC)c1C. The molecule has 2 N–H and O–H groups in total. The first-order chi connectivity index (χ1) is 18.7. The molecule has 1 atom stereocenters. The Labute approximate surface area is 228 Å². The van der Waals surface area contributed by atoms with E-state index in [4.69, 9.17) is 14.2 Å². The fourth-order valence-electron chi connectivity index (χ4n) is 3.88. The lowest BCUT2D eigenvalue weighted by Gasteiger charge is -2.15. The van der Waals surface area contributed by atoms with Crippen LogP contribution in [-0.2, 0) is 19.0 Å². The molecule has 0 bridgehead atoms. The number of anilines is 1. The number of nitrogens with zero attached hydrogens (tertiary/aromatic N) is 1. The number of esters is 3. The standard InChI is InChI=1S/C28H27N3O7S/c1-5-36-27(34)21-15(3)22(28(35)37-6-2)39-25(21)31-24(32)16(4)38-26(33)18-12-8-7-11-17(18)23-29-19-13-9-10-14-20(19)30-23/h7-14,16H,5-6H2,1-4H3,(H,29,30)(H,31,32). The summed E-state index contributed by atoms with van der Waals surface area (Å²) in [5.74, 6) is -2.24. The van der Waals surface area contributed by atoms with Crippen molar-refractivity contribution in [2.45, 2.75) is 33.8 Å². The molecule has 2 aromatic carbocycles. The number of thiophene rings is 1. The number of carbonyl (C=O) groups excluding carboxylic acids is 4. The Kier molecular flexibility index (Phi) is 8.40. The topological polar surface area (TPSA) is 137 Å². The summed E-state index contributed by atoms with van der Waals surface area (Å²) >= 11 is 0.891. The highest BCUT2D eigenvalue weighted by molar-refractivity contribution is 7.18. The van der Waals surface area contributed by atoms with Crippen molar-refractivity contribution in [2.75, 3.05) is 18.5 Å². The maximum atomic E-state index is 13.1. The van der Waals surface area contributed by atoms with Crippen LogP contribution in [0, 0.1) is 6.92 Å². The predicted molar refractivity (Wildman–Crippen MR) is 146 cm³/mol. The van der Waals surface area contributed by atoms with Gasteiger partial charge < -0.3 is 24.5 Å². The Morgan fingerprint density at radius 3 is 2.33 bits per heavy atom. The molecule has 0 spiro atoms. The Bertz CT molecular complexity index is 1520. The Balaban J connectivity index is 1.55. The fourth-order valence-corrected chi connectivity index (χ4v) is 4.97. The number of H-pyrrole nitrogens is 1. The minimum atomic E-state index is -1.23. The summed E-state index contributed by atoms with van der Waals surface area (Å²) in [6.45, 7) is 6.55. The number of aromatic amines is 1. The van der Waals surface area contributed by atoms with E-state index >= 15 is 0 Å². The minimum absolute atomic E-state index is 0.0482. The normalized spacial score (nSPS) is 11.6. The average Bonchev–Trinajstić information content (AvgIpc) is 3.49. The highest BCUT2D eigenvalue weighted by atomic mass is 32.1. The van der Waals surface area contributed by atoms with Crippen molar-refractivity contribution in [1.29, 1.82) is 0 Å². The van der Waals surface area contributed by atoms with E-state index in [-0.39, 0.29) is 34.2 Å². The number of amides is 1. The second-order valence-electron chi connectivity index (χ2n) is 8.39. The van der Waals surface area contributed by atoms with Gasteiger partial charge in [-0.05, 0) is 51.5 Å². The number of rotatable bonds is 9. The molecule has 1 unspecified atom stereocenters. The highest BCUT2D eigenvalue weighted by Gasteiger charge is 2.29. The van der Waals surface area contributed by atoms with Gasteiger partial charge in [-0.25, -0.2) is 19.4 Å². The van der Waals surface area contributed by atoms with Crippen LogP contribution in [0.25, 0.3) is 22.4 Å². The average molecular weight is 550 g/mol. The van der Waals surface area contributed by atoms with Gasteiger partial charge in [0.25, 0.3) is 5.91 Å². The number of ether oxygens (including phenoxy) is 3. The Hall–Kier alpha value is -4.51. The fraction of sp³-hybridized carbons (Fsp3) is 0.250. The molecule has 202 valence electrons. The maximum Gasteiger partial charge on any atom is 0.348 e. The molecule has 0 aliphatic carbocycles. The molecule has 0 radical (unpaired) electrons. The lowest BCUT2D eigenvalue weighted by atomic mass is 10.1. The van der Waals surface area contributed by atoms with Crippen LogP contribution in [0.3, 0.4) is 0 Å². The zero-order valence-corrected chi connectivity index (χ0v) is 22.6. The first-order valence-corrected chi connectivity index (χ1v) is 13.1. The third-order valence-electron chi connectivity index (χ3n) is 5.77. The summed E-state index contributed by atoms with van der Waals surface area (Å²) < 4.78 is 15.7. The van der Waals surface area contributed by atoms with Crippen molar-refractivity contribution in [3.63, 3.8) is 0 Å². The van der Waals surface area contributed by atoms with Crippen molar-refractivity contribution >= 4 is 51.2 Å². The van der Waals surface area contributed by atoms with Crippen molar-refractivity contribution in [3.8, 4) is 11.4 Å². The quantitative estimate of drug-likeness (QED) is 0.216. The third-order valence-corrected chi connectivity index (χ3v) is 6.96. The van der Waals surface area contributed by atoms with Gasteiger partial charge in [0.1, 0.15) is 15.7 Å². The molecule has 0 saturated carbocycles. The molecule has 2 aromatic heterocycles. The molecule has 4 rings (SSSR count). The van der Waals surface area contributed by atoms with Crippen LogP contribution in [0.5, 0.6) is 0 Å². The number of hydrogen-bond acceptors (Lipinski definition) is 9. The number of benzene rings is 2. The van der Waals surface area contributed by atoms with Crippen molar-refractivity contribution in [1.82, 2.24) is 9.97 Å². The number of fused-ring (bicyclic) bond motifs is 1. The third kappa shape index (κ3) is 5.83. The molecule has 0 fully saturated rings. The number of aromatic nitrogens is 2. The van der Waals surface area contributed by atoms with Crippen LogP contribution in [0.4, 0.5) is 5.00 Å². The van der Waals surface area contributed by atoms with Crippen LogP contribution in [0.2, 0.25) is 0 Å². The summed E-state index contributed by atoms with van der Waals surface area (Å²) in [5, 5.41) is 2.71. The smallest absolute Gasteiger partial charge is 0.348 e. The molecule has 4 aromatic rings. The van der Waals surface area contributed by atoms with Gasteiger partial charge in [-0.15, -0.1) is 11.3 Å². The van der Waals surface area contributed by atoms with Gasteiger partial charge in [-0.2, -0.15) is 0 Å². The molecular formula is C28H27N3O7S. The van der Waals surface area contributed by atoms with E-state index in [0.29, 0.717) is 17.0 Å². The first kappa shape index (κ1) is 27.5. The number of nitrogens with one attached hydrogen (secondary N) is 2. The Morgan fingerprint density at radius 1 is 0.949 bits per heavy atom. The van der Waals surface area contributed by atoms with E-state index < -0.39 is 29.9 Å². The second kappa shape index (κ2) is 11.9. The van der Waals surface area contributed by atoms with Gasteiger partial charge in [0, 0.05) is 5.56 Å². The lowest BCUT2D eigenvalue weighted by Crippen LogP contribution is -2.30. The first-order valence-electron chi connectivity index (χ1n) is 12.3. The summed E-state index contributed by atoms with van der Waals surface area (Å²) in [6.07, 6.45) is -1.23. The summed E-state index contributed by atoms with van der Waals surface area (Å²) in [7, 11) is 0. The van der Waals surface area contributed by atoms with Crippen LogP contribution in [0.15, 0.2) is 48.5 Å². The van der Waals surface area contributed by atoms with Crippen LogP contribution in [-0.4, -0.2) is 53.1 Å². The van der Waals surface area contributed by atoms with Gasteiger partial charge in [0.15, 0.2) is 6.10 Å². The van der Waals surface area contributed by atoms with Crippen molar-refractivity contribution in [3.05, 3.63) is 70.1 Å². The Morgan fingerprint density at radius 2 is 1.62 bits per heavy atom. The molecule has 2 heterocycles. The van der Waals surface area contributed by atoms with Gasteiger partial charge >= 0.3 is 17.9 Å². The lowest BCUT2D eigenvalue weighted by molar-refractivity contribution is -0.123. The number of carbonyl (C=O) groups is 4. The molecule has 10 nitrogen and oxygen atoms in total. The number of hydrogen-bond donors (Lipinski definition) is 2. The summed E-state index contributed by atoms with van der Waals surface area (Å²) in [6, 6.07) is 14.3. The van der Waals surface area contributed by atoms with E-state index in [1.54, 1.807) is 45.0 Å². The summed E-state index contributed by atoms with van der Waals surface area (Å²) in [5.41, 5.74) is 2.68.